The Labute approximate surface area is 346 Å². The molecular formula is C44H62F2N6O7. The number of aliphatic hydroxyl groups is 1. The molecule has 0 saturated heterocycles. The number of nitrogens with two attached hydrogens (primary N) is 1. The first kappa shape index (κ1) is 48.2. The van der Waals surface area contributed by atoms with Gasteiger partial charge in [-0.1, -0.05) is 51.1 Å². The van der Waals surface area contributed by atoms with E-state index in [-0.39, 0.29) is 43.2 Å². The Hall–Kier alpha value is -5.15. The SMILES string of the molecule is CC(=O)N[C@@H](CCCCNC(=O)OC(C)(C)C)C(=O)CCCNC(=O)[C@@H](N)CCN(C(=O)CO)[C@@H](c1cc(-c2cc(F)ccc2F)cn1Cc1ccccc1)C(C)(C)C. The molecule has 13 nitrogen and oxygen atoms in total. The molecule has 6 N–H and O–H groups in total. The van der Waals surface area contributed by atoms with Crippen molar-refractivity contribution in [2.24, 2.45) is 11.1 Å². The minimum atomic E-state index is -1.05. The molecule has 0 aliphatic heterocycles. The molecule has 0 aliphatic rings. The van der Waals surface area contributed by atoms with Gasteiger partial charge >= 0.3 is 6.09 Å². The van der Waals surface area contributed by atoms with E-state index in [1.54, 1.807) is 33.0 Å². The highest BCUT2D eigenvalue weighted by molar-refractivity contribution is 5.88. The summed E-state index contributed by atoms with van der Waals surface area (Å²) in [6.45, 7) is 12.4. The number of ether oxygens (including phenoxy) is 1. The molecule has 15 heteroatoms. The maximum Gasteiger partial charge on any atom is 0.407 e. The van der Waals surface area contributed by atoms with E-state index < -0.39 is 65.3 Å². The van der Waals surface area contributed by atoms with Crippen LogP contribution in [0.5, 0.6) is 0 Å². The van der Waals surface area contributed by atoms with Crippen LogP contribution in [0, 0.1) is 17.0 Å². The van der Waals surface area contributed by atoms with Crippen LogP contribution in [0.1, 0.15) is 104 Å². The molecule has 59 heavy (non-hydrogen) atoms. The zero-order chi connectivity index (χ0) is 43.9. The fourth-order valence-corrected chi connectivity index (χ4v) is 6.83. The number of nitrogens with one attached hydrogen (secondary N) is 3. The Morgan fingerprint density at radius 2 is 1.58 bits per heavy atom. The van der Waals surface area contributed by atoms with Gasteiger partial charge in [0.25, 0.3) is 0 Å². The van der Waals surface area contributed by atoms with Gasteiger partial charge in [0.1, 0.15) is 23.8 Å². The monoisotopic (exact) mass is 824 g/mol. The van der Waals surface area contributed by atoms with Gasteiger partial charge in [0, 0.05) is 62.5 Å². The molecule has 0 saturated carbocycles. The summed E-state index contributed by atoms with van der Waals surface area (Å²) < 4.78 is 36.5. The van der Waals surface area contributed by atoms with E-state index in [1.807, 2.05) is 55.7 Å². The number of ketones is 1. The number of benzene rings is 2. The van der Waals surface area contributed by atoms with Crippen molar-refractivity contribution in [2.75, 3.05) is 26.2 Å². The fraction of sp³-hybridized carbons (Fsp3) is 0.523. The van der Waals surface area contributed by atoms with Crippen LogP contribution in [0.4, 0.5) is 13.6 Å². The van der Waals surface area contributed by atoms with Crippen LogP contribution in [0.3, 0.4) is 0 Å². The molecule has 0 radical (unpaired) electrons. The normalized spacial score (nSPS) is 13.2. The van der Waals surface area contributed by atoms with E-state index in [4.69, 9.17) is 10.5 Å². The first-order valence-electron chi connectivity index (χ1n) is 20.1. The zero-order valence-corrected chi connectivity index (χ0v) is 35.4. The summed E-state index contributed by atoms with van der Waals surface area (Å²) in [6.07, 6.45) is 3.12. The lowest BCUT2D eigenvalue weighted by molar-refractivity contribution is -0.140. The first-order chi connectivity index (χ1) is 27.7. The molecule has 0 unspecified atom stereocenters. The third kappa shape index (κ3) is 15.9. The third-order valence-corrected chi connectivity index (χ3v) is 9.50. The largest absolute Gasteiger partial charge is 0.444 e. The standard InChI is InChI=1S/C44H62F2N6O7/c1-29(54)50-36(16-11-12-21-49-42(58)59-44(5,6)7)38(55)17-13-22-48-41(57)35(47)20-23-52(39(56)28-53)40(43(2,3)4)37-24-31(33-25-32(45)18-19-34(33)46)27-51(37)26-30-14-9-8-10-15-30/h8-10,14-15,18-19,24-25,27,35-36,40,53H,11-13,16-17,20-23,26,28,47H2,1-7H3,(H,48,57)(H,49,58)(H,50,54)/t35-,36-,40-/m0/s1. The van der Waals surface area contributed by atoms with Crippen molar-refractivity contribution < 1.29 is 42.6 Å². The second-order valence-electron chi connectivity index (χ2n) is 16.8. The lowest BCUT2D eigenvalue weighted by atomic mass is 9.82. The van der Waals surface area contributed by atoms with Crippen molar-refractivity contribution in [1.29, 1.82) is 0 Å². The molecule has 2 aromatic carbocycles. The number of halogens is 2. The Bertz CT molecular complexity index is 1870. The maximum absolute atomic E-state index is 15.1. The van der Waals surface area contributed by atoms with Crippen LogP contribution in [-0.2, 0) is 30.5 Å². The van der Waals surface area contributed by atoms with Gasteiger partial charge in [-0.2, -0.15) is 0 Å². The number of alkyl carbamates (subject to hydrolysis) is 1. The molecule has 3 atom stereocenters. The van der Waals surface area contributed by atoms with Gasteiger partial charge in [-0.15, -0.1) is 0 Å². The van der Waals surface area contributed by atoms with Crippen molar-refractivity contribution in [3.8, 4) is 11.1 Å². The van der Waals surface area contributed by atoms with Crippen molar-refractivity contribution in [3.05, 3.63) is 83.7 Å². The number of unbranched alkanes of at least 4 members (excludes halogenated alkanes) is 1. The van der Waals surface area contributed by atoms with Gasteiger partial charge in [0.05, 0.1) is 18.1 Å². The lowest BCUT2D eigenvalue weighted by Crippen LogP contribution is -2.47. The van der Waals surface area contributed by atoms with Crippen molar-refractivity contribution in [3.63, 3.8) is 0 Å². The molecular weight excluding hydrogens is 763 g/mol. The fourth-order valence-electron chi connectivity index (χ4n) is 6.83. The zero-order valence-electron chi connectivity index (χ0n) is 35.4. The number of hydrogen-bond acceptors (Lipinski definition) is 8. The van der Waals surface area contributed by atoms with Gasteiger partial charge in [-0.3, -0.25) is 19.2 Å². The number of amides is 4. The van der Waals surface area contributed by atoms with E-state index in [2.05, 4.69) is 16.0 Å². The number of aromatic nitrogens is 1. The maximum atomic E-state index is 15.1. The first-order valence-corrected chi connectivity index (χ1v) is 20.1. The van der Waals surface area contributed by atoms with E-state index in [0.29, 0.717) is 50.0 Å². The van der Waals surface area contributed by atoms with E-state index in [1.165, 1.54) is 11.8 Å². The molecule has 0 aliphatic carbocycles. The lowest BCUT2D eigenvalue weighted by Gasteiger charge is -2.41. The summed E-state index contributed by atoms with van der Waals surface area (Å²) in [5.74, 6) is -2.84. The van der Waals surface area contributed by atoms with Gasteiger partial charge in [0.2, 0.25) is 17.7 Å². The summed E-state index contributed by atoms with van der Waals surface area (Å²) in [5.41, 5.74) is 7.06. The van der Waals surface area contributed by atoms with E-state index in [0.717, 1.165) is 23.8 Å². The second kappa shape index (κ2) is 22.3. The average molecular weight is 825 g/mol. The molecule has 0 bridgehead atoms. The van der Waals surface area contributed by atoms with Gasteiger partial charge in [-0.05, 0) is 88.1 Å². The smallest absolute Gasteiger partial charge is 0.407 e. The predicted octanol–water partition coefficient (Wildman–Crippen LogP) is 5.77. The summed E-state index contributed by atoms with van der Waals surface area (Å²) >= 11 is 0. The molecule has 0 spiro atoms. The van der Waals surface area contributed by atoms with Crippen LogP contribution in [0.2, 0.25) is 0 Å². The molecule has 1 aromatic heterocycles. The number of aliphatic hydroxyl groups excluding tert-OH is 1. The molecule has 324 valence electrons. The Kier molecular flexibility index (Phi) is 18.2. The highest BCUT2D eigenvalue weighted by Gasteiger charge is 2.37. The van der Waals surface area contributed by atoms with E-state index in [9.17, 15) is 33.5 Å². The van der Waals surface area contributed by atoms with E-state index >= 15 is 4.39 Å². The minimum absolute atomic E-state index is 0.0136. The molecule has 0 fully saturated rings. The van der Waals surface area contributed by atoms with Crippen LogP contribution in [-0.4, -0.2) is 88.1 Å². The second-order valence-corrected chi connectivity index (χ2v) is 16.8. The Balaban J connectivity index is 1.67. The predicted molar refractivity (Wildman–Crippen MR) is 222 cm³/mol. The average Bonchev–Trinajstić information content (AvgIpc) is 3.55. The molecule has 3 aromatic rings. The quantitative estimate of drug-likeness (QED) is 0.0839. The van der Waals surface area contributed by atoms with Gasteiger partial charge in [-0.25, -0.2) is 13.6 Å². The summed E-state index contributed by atoms with van der Waals surface area (Å²) in [7, 11) is 0. The number of carbonyl (C=O) groups is 5. The van der Waals surface area contributed by atoms with Crippen LogP contribution >= 0.6 is 0 Å². The molecule has 1 heterocycles. The van der Waals surface area contributed by atoms with Crippen LogP contribution < -0.4 is 21.7 Å². The minimum Gasteiger partial charge on any atom is -0.444 e. The number of nitrogens with zero attached hydrogens (tertiary/aromatic N) is 2. The summed E-state index contributed by atoms with van der Waals surface area (Å²) in [5, 5.41) is 18.2. The van der Waals surface area contributed by atoms with Crippen molar-refractivity contribution in [2.45, 2.75) is 117 Å². The highest BCUT2D eigenvalue weighted by Crippen LogP contribution is 2.41. The summed E-state index contributed by atoms with van der Waals surface area (Å²) in [4.78, 5) is 64.8. The van der Waals surface area contributed by atoms with Gasteiger partial charge < -0.3 is 41.0 Å². The number of hydrogen-bond donors (Lipinski definition) is 5. The topological polar surface area (TPSA) is 185 Å². The van der Waals surface area contributed by atoms with Crippen molar-refractivity contribution >= 4 is 29.6 Å². The number of carbonyl (C=O) groups excluding carboxylic acids is 5. The van der Waals surface area contributed by atoms with Gasteiger partial charge in [0.15, 0.2) is 5.78 Å². The van der Waals surface area contributed by atoms with Crippen LogP contribution in [0.15, 0.2) is 60.8 Å². The third-order valence-electron chi connectivity index (χ3n) is 9.50. The van der Waals surface area contributed by atoms with Crippen molar-refractivity contribution in [1.82, 2.24) is 25.4 Å². The highest BCUT2D eigenvalue weighted by atomic mass is 19.1. The molecule has 3 rings (SSSR count). The summed E-state index contributed by atoms with van der Waals surface area (Å²) in [6, 6.07) is 12.0. The van der Waals surface area contributed by atoms with Crippen LogP contribution in [0.25, 0.3) is 11.1 Å². The molecule has 4 amide bonds. The Morgan fingerprint density at radius 3 is 2.20 bits per heavy atom. The Morgan fingerprint density at radius 1 is 0.898 bits per heavy atom. The number of Topliss-reactive ketones (excluding diaryl/α,β-unsaturated/α-hetero) is 1. The number of rotatable bonds is 21.